The first-order valence-electron chi connectivity index (χ1n) is 27.7. The second-order valence-corrected chi connectivity index (χ2v) is 25.4. The van der Waals surface area contributed by atoms with Gasteiger partial charge in [0.25, 0.3) is 0 Å². The van der Waals surface area contributed by atoms with Gasteiger partial charge in [0.15, 0.2) is 25.5 Å². The Labute approximate surface area is 470 Å². The van der Waals surface area contributed by atoms with Crippen LogP contribution in [-0.2, 0) is 0 Å². The van der Waals surface area contributed by atoms with Crippen LogP contribution < -0.4 is 20.7 Å². The first kappa shape index (κ1) is 50.0. The van der Waals surface area contributed by atoms with Crippen LogP contribution in [0.2, 0.25) is 0 Å². The van der Waals surface area contributed by atoms with Gasteiger partial charge in [-0.05, 0) is 160 Å². The van der Waals surface area contributed by atoms with Gasteiger partial charge >= 0.3 is 0 Å². The predicted octanol–water partition coefficient (Wildman–Crippen LogP) is 16.2. The first-order chi connectivity index (χ1) is 39.1. The molecule has 0 aliphatic heterocycles. The topological polar surface area (TPSA) is 43.6 Å². The van der Waals surface area contributed by atoms with Gasteiger partial charge in [0.05, 0.1) is 11.0 Å². The van der Waals surface area contributed by atoms with Gasteiger partial charge in [0, 0.05) is 33.2 Å². The van der Waals surface area contributed by atoms with Gasteiger partial charge < -0.3 is 4.57 Å². The summed E-state index contributed by atoms with van der Waals surface area (Å²) in [5.74, 6) is 1.84. The molecule has 4 nitrogen and oxygen atoms in total. The number of hydrogen-bond acceptors (Lipinski definition) is 3. The Morgan fingerprint density at radius 1 is 0.287 bits per heavy atom. The minimum Gasteiger partial charge on any atom is -0.309 e. The van der Waals surface area contributed by atoms with E-state index < -0.39 is 8.07 Å². The Bertz CT molecular complexity index is 4140. The van der Waals surface area contributed by atoms with Crippen molar-refractivity contribution in [1.29, 1.82) is 0 Å². The Kier molecular flexibility index (Phi) is 12.9. The molecule has 0 N–H and O–H groups in total. The molecule has 0 aliphatic rings. The molecule has 0 radical (unpaired) electrons. The maximum absolute atomic E-state index is 5.39. The highest BCUT2D eigenvalue weighted by atomic mass is 28.3. The summed E-state index contributed by atoms with van der Waals surface area (Å²) in [6.07, 6.45) is 0. The molecule has 0 unspecified atom stereocenters. The van der Waals surface area contributed by atoms with Gasteiger partial charge in [-0.1, -0.05) is 223 Å². The molecule has 13 rings (SSSR count). The van der Waals surface area contributed by atoms with Gasteiger partial charge in [-0.15, -0.1) is 0 Å². The monoisotopic (exact) mass is 1040 g/mol. The van der Waals surface area contributed by atoms with E-state index in [0.717, 1.165) is 44.5 Å². The van der Waals surface area contributed by atoms with Crippen molar-refractivity contribution in [3.8, 4) is 73.2 Å². The predicted molar refractivity (Wildman–Crippen MR) is 339 cm³/mol. The first-order valence-corrected chi connectivity index (χ1v) is 29.7. The van der Waals surface area contributed by atoms with Crippen molar-refractivity contribution in [2.75, 3.05) is 0 Å². The zero-order valence-corrected chi connectivity index (χ0v) is 47.0. The van der Waals surface area contributed by atoms with Crippen LogP contribution in [0.4, 0.5) is 0 Å². The molecule has 13 aromatic rings. The van der Waals surface area contributed by atoms with Gasteiger partial charge in [-0.25, -0.2) is 15.0 Å². The maximum atomic E-state index is 5.39. The Balaban J connectivity index is 1.10. The molecule has 11 aromatic carbocycles. The normalized spacial score (nSPS) is 11.6. The standard InChI is InChI=1S/C75H60N4Si/c1-49-41-51(3)71(52(4)42-49)58-35-39-69-67(46-58)68-47-59(72-53(5)43-50(2)44-54(72)6)36-40-70(68)79(69)60-37-38-65(75-77-73(55-23-12-7-13-24-55)76-74(78-75)56-25-14-8-15-26-56)66(48-60)57-27-22-34-64(45-57)80(61-28-16-9-17-29-61,62-30-18-10-19-31-62)63-32-20-11-21-33-63/h7-48H,1-6H3. The van der Waals surface area contributed by atoms with E-state index in [4.69, 9.17) is 15.0 Å². The molecule has 0 bridgehead atoms. The van der Waals surface area contributed by atoms with E-state index >= 15 is 0 Å². The molecule has 5 heteroatoms. The van der Waals surface area contributed by atoms with E-state index in [9.17, 15) is 0 Å². The van der Waals surface area contributed by atoms with E-state index in [-0.39, 0.29) is 0 Å². The second-order valence-electron chi connectivity index (χ2n) is 21.5. The van der Waals surface area contributed by atoms with Gasteiger partial charge in [-0.3, -0.25) is 0 Å². The van der Waals surface area contributed by atoms with Crippen LogP contribution in [-0.4, -0.2) is 27.6 Å². The lowest BCUT2D eigenvalue weighted by Crippen LogP contribution is -2.74. The SMILES string of the molecule is Cc1cc(C)c(-c2ccc3c(c2)c2cc(-c4c(C)cc(C)cc4C)ccc2n3-c2ccc(-c3nc(-c4ccccc4)nc(-c4ccccc4)n3)c(-c3cccc([Si](c4ccccc4)(c4ccccc4)c4ccccc4)c3)c2)c(C)c1. The quantitative estimate of drug-likeness (QED) is 0.0958. The van der Waals surface area contributed by atoms with E-state index in [2.05, 4.69) is 264 Å². The molecule has 0 amide bonds. The third-order valence-electron chi connectivity index (χ3n) is 16.1. The van der Waals surface area contributed by atoms with E-state index in [1.54, 1.807) is 0 Å². The lowest BCUT2D eigenvalue weighted by Gasteiger charge is -2.34. The number of benzene rings is 11. The fourth-order valence-corrected chi connectivity index (χ4v) is 17.7. The molecule has 0 saturated heterocycles. The van der Waals surface area contributed by atoms with Crippen LogP contribution in [0.3, 0.4) is 0 Å². The highest BCUT2D eigenvalue weighted by molar-refractivity contribution is 7.19. The van der Waals surface area contributed by atoms with Crippen molar-refractivity contribution >= 4 is 50.6 Å². The highest BCUT2D eigenvalue weighted by Gasteiger charge is 2.41. The Morgan fingerprint density at radius 2 is 0.675 bits per heavy atom. The lowest BCUT2D eigenvalue weighted by atomic mass is 9.91. The molecular weight excluding hydrogens is 985 g/mol. The van der Waals surface area contributed by atoms with Crippen LogP contribution in [0.15, 0.2) is 255 Å². The molecule has 2 heterocycles. The van der Waals surface area contributed by atoms with Crippen LogP contribution in [0.25, 0.3) is 95.0 Å². The van der Waals surface area contributed by atoms with Crippen molar-refractivity contribution < 1.29 is 0 Å². The van der Waals surface area contributed by atoms with Crippen molar-refractivity contribution in [2.24, 2.45) is 0 Å². The molecule has 0 aliphatic carbocycles. The number of rotatable bonds is 11. The molecule has 0 atom stereocenters. The minimum absolute atomic E-state index is 0.603. The van der Waals surface area contributed by atoms with Crippen molar-refractivity contribution in [3.63, 3.8) is 0 Å². The van der Waals surface area contributed by atoms with Gasteiger partial charge in [0.1, 0.15) is 0 Å². The van der Waals surface area contributed by atoms with Gasteiger partial charge in [0.2, 0.25) is 0 Å². The van der Waals surface area contributed by atoms with Crippen LogP contribution >= 0.6 is 0 Å². The average molecular weight is 1050 g/mol. The fraction of sp³-hybridized carbons (Fsp3) is 0.0800. The summed E-state index contributed by atoms with van der Waals surface area (Å²) >= 11 is 0. The molecule has 0 saturated carbocycles. The largest absolute Gasteiger partial charge is 0.309 e. The number of nitrogens with zero attached hydrogens (tertiary/aromatic N) is 4. The summed E-state index contributed by atoms with van der Waals surface area (Å²) < 4.78 is 2.47. The van der Waals surface area contributed by atoms with E-state index in [1.807, 2.05) is 36.4 Å². The van der Waals surface area contributed by atoms with E-state index in [0.29, 0.717) is 17.5 Å². The molecule has 384 valence electrons. The summed E-state index contributed by atoms with van der Waals surface area (Å²) in [7, 11) is -2.94. The van der Waals surface area contributed by atoms with Crippen LogP contribution in [0.1, 0.15) is 33.4 Å². The fourth-order valence-electron chi connectivity index (χ4n) is 12.9. The van der Waals surface area contributed by atoms with Crippen molar-refractivity contribution in [2.45, 2.75) is 41.5 Å². The molecule has 2 aromatic heterocycles. The zero-order valence-electron chi connectivity index (χ0n) is 46.0. The third kappa shape index (κ3) is 8.86. The third-order valence-corrected chi connectivity index (χ3v) is 20.9. The van der Waals surface area contributed by atoms with Crippen LogP contribution in [0.5, 0.6) is 0 Å². The molecule has 0 spiro atoms. The molecular formula is C75H60N4Si. The Morgan fingerprint density at radius 3 is 1.11 bits per heavy atom. The van der Waals surface area contributed by atoms with Crippen LogP contribution in [0, 0.1) is 41.5 Å². The number of aryl methyl sites for hydroxylation is 6. The number of aromatic nitrogens is 4. The summed E-state index contributed by atoms with van der Waals surface area (Å²) in [5, 5.41) is 7.64. The van der Waals surface area contributed by atoms with Crippen molar-refractivity contribution in [1.82, 2.24) is 19.5 Å². The second kappa shape index (κ2) is 20.7. The number of fused-ring (bicyclic) bond motifs is 3. The van der Waals surface area contributed by atoms with Crippen molar-refractivity contribution in [3.05, 3.63) is 288 Å². The summed E-state index contributed by atoms with van der Waals surface area (Å²) in [4.78, 5) is 15.9. The molecule has 0 fully saturated rings. The highest BCUT2D eigenvalue weighted by Crippen LogP contribution is 2.42. The smallest absolute Gasteiger partial charge is 0.179 e. The van der Waals surface area contributed by atoms with E-state index in [1.165, 1.54) is 87.2 Å². The lowest BCUT2D eigenvalue weighted by molar-refractivity contribution is 1.07. The number of hydrogen-bond donors (Lipinski definition) is 0. The van der Waals surface area contributed by atoms with Gasteiger partial charge in [-0.2, -0.15) is 0 Å². The minimum atomic E-state index is -2.94. The summed E-state index contributed by atoms with van der Waals surface area (Å²) in [6.45, 7) is 13.3. The zero-order chi connectivity index (χ0) is 54.5. The average Bonchev–Trinajstić information content (AvgIpc) is 3.87. The summed E-state index contributed by atoms with van der Waals surface area (Å²) in [5.41, 5.74) is 20.8. The molecule has 80 heavy (non-hydrogen) atoms. The Hall–Kier alpha value is -9.55. The summed E-state index contributed by atoms with van der Waals surface area (Å²) in [6, 6.07) is 93.6. The maximum Gasteiger partial charge on any atom is 0.179 e.